The van der Waals surface area contributed by atoms with Gasteiger partial charge in [0.25, 0.3) is 0 Å². The average molecular weight is 248 g/mol. The van der Waals surface area contributed by atoms with Crippen molar-refractivity contribution >= 4 is 5.69 Å². The second-order valence-corrected chi connectivity index (χ2v) is 5.56. The van der Waals surface area contributed by atoms with Crippen LogP contribution in [-0.2, 0) is 6.54 Å². The van der Waals surface area contributed by atoms with Gasteiger partial charge in [-0.2, -0.15) is 5.10 Å². The highest BCUT2D eigenvalue weighted by molar-refractivity contribution is 5.45. The zero-order valence-electron chi connectivity index (χ0n) is 11.5. The minimum absolute atomic E-state index is 0.661. The molecule has 3 rings (SSSR count). The largest absolute Gasteiger partial charge is 0.363 e. The summed E-state index contributed by atoms with van der Waals surface area (Å²) in [4.78, 5) is 5.28. The first-order valence-corrected chi connectivity index (χ1v) is 7.35. The lowest BCUT2D eigenvalue weighted by atomic mass is 10.0. The molecular formula is C14H24N4. The number of anilines is 1. The molecule has 4 heteroatoms. The molecule has 0 bridgehead atoms. The van der Waals surface area contributed by atoms with Crippen molar-refractivity contribution in [3.8, 4) is 0 Å². The predicted molar refractivity (Wildman–Crippen MR) is 73.9 cm³/mol. The molecule has 0 radical (unpaired) electrons. The van der Waals surface area contributed by atoms with Gasteiger partial charge in [0, 0.05) is 37.9 Å². The van der Waals surface area contributed by atoms with Crippen molar-refractivity contribution in [1.29, 1.82) is 0 Å². The van der Waals surface area contributed by atoms with Crippen LogP contribution in [0.15, 0.2) is 12.4 Å². The Morgan fingerprint density at radius 3 is 2.94 bits per heavy atom. The summed E-state index contributed by atoms with van der Waals surface area (Å²) >= 11 is 0. The van der Waals surface area contributed by atoms with Crippen LogP contribution in [0.25, 0.3) is 0 Å². The minimum Gasteiger partial charge on any atom is -0.363 e. The van der Waals surface area contributed by atoms with Crippen molar-refractivity contribution in [2.45, 2.75) is 51.7 Å². The van der Waals surface area contributed by atoms with Gasteiger partial charge in [0.1, 0.15) is 0 Å². The first-order valence-electron chi connectivity index (χ1n) is 7.35. The van der Waals surface area contributed by atoms with E-state index in [0.29, 0.717) is 6.04 Å². The second-order valence-electron chi connectivity index (χ2n) is 5.56. The van der Waals surface area contributed by atoms with Crippen LogP contribution in [0, 0.1) is 0 Å². The average Bonchev–Trinajstić information content (AvgIpc) is 3.05. The van der Waals surface area contributed by atoms with Crippen molar-refractivity contribution in [3.63, 3.8) is 0 Å². The molecule has 2 aliphatic heterocycles. The first-order chi connectivity index (χ1) is 8.81. The molecule has 2 unspecified atom stereocenters. The van der Waals surface area contributed by atoms with E-state index in [1.54, 1.807) is 0 Å². The molecule has 0 spiro atoms. The summed E-state index contributed by atoms with van der Waals surface area (Å²) in [5, 5.41) is 4.43. The molecule has 1 aromatic heterocycles. The fourth-order valence-electron chi connectivity index (χ4n) is 3.43. The molecular weight excluding hydrogens is 224 g/mol. The standard InChI is InChI=1S/C14H24N4/c1-3-12-9-16-7-5-6-13(16)11-18(12)14-8-15-17(4-2)10-14/h8,10,12-13H,3-7,9,11H2,1-2H3. The van der Waals surface area contributed by atoms with Crippen LogP contribution in [0.3, 0.4) is 0 Å². The van der Waals surface area contributed by atoms with Crippen LogP contribution >= 0.6 is 0 Å². The number of hydrogen-bond donors (Lipinski definition) is 0. The molecule has 18 heavy (non-hydrogen) atoms. The summed E-state index contributed by atoms with van der Waals surface area (Å²) in [7, 11) is 0. The third kappa shape index (κ3) is 2.03. The maximum absolute atomic E-state index is 4.43. The Bertz CT molecular complexity index is 400. The molecule has 4 nitrogen and oxygen atoms in total. The summed E-state index contributed by atoms with van der Waals surface area (Å²) in [5.41, 5.74) is 1.32. The number of piperazine rings is 1. The number of aryl methyl sites for hydroxylation is 1. The Labute approximate surface area is 110 Å². The van der Waals surface area contributed by atoms with Gasteiger partial charge in [-0.15, -0.1) is 0 Å². The van der Waals surface area contributed by atoms with Gasteiger partial charge >= 0.3 is 0 Å². The zero-order valence-corrected chi connectivity index (χ0v) is 11.5. The van der Waals surface area contributed by atoms with E-state index in [4.69, 9.17) is 0 Å². The van der Waals surface area contributed by atoms with Crippen LogP contribution in [-0.4, -0.2) is 46.4 Å². The topological polar surface area (TPSA) is 24.3 Å². The SMILES string of the molecule is CCC1CN2CCCC2CN1c1cnn(CC)c1. The lowest BCUT2D eigenvalue weighted by Gasteiger charge is -2.44. The van der Waals surface area contributed by atoms with Gasteiger partial charge in [-0.25, -0.2) is 0 Å². The Kier molecular flexibility index (Phi) is 3.29. The molecule has 1 aromatic rings. The molecule has 2 aliphatic rings. The Balaban J connectivity index is 1.80. The molecule has 0 aliphatic carbocycles. The Morgan fingerprint density at radius 1 is 1.33 bits per heavy atom. The van der Waals surface area contributed by atoms with E-state index in [0.717, 1.165) is 12.6 Å². The molecule has 2 saturated heterocycles. The van der Waals surface area contributed by atoms with Crippen LogP contribution in [0.5, 0.6) is 0 Å². The normalized spacial score (nSPS) is 28.7. The Morgan fingerprint density at radius 2 is 2.22 bits per heavy atom. The number of rotatable bonds is 3. The summed E-state index contributed by atoms with van der Waals surface area (Å²) < 4.78 is 2.03. The monoisotopic (exact) mass is 248 g/mol. The molecule has 3 heterocycles. The highest BCUT2D eigenvalue weighted by Gasteiger charge is 2.35. The molecule has 2 atom stereocenters. The van der Waals surface area contributed by atoms with Crippen molar-refractivity contribution in [2.75, 3.05) is 24.5 Å². The van der Waals surface area contributed by atoms with Crippen molar-refractivity contribution in [2.24, 2.45) is 0 Å². The molecule has 0 aromatic carbocycles. The van der Waals surface area contributed by atoms with E-state index >= 15 is 0 Å². The van der Waals surface area contributed by atoms with Crippen LogP contribution < -0.4 is 4.90 Å². The lowest BCUT2D eigenvalue weighted by molar-refractivity contribution is 0.194. The summed E-state index contributed by atoms with van der Waals surface area (Å²) in [5.74, 6) is 0. The smallest absolute Gasteiger partial charge is 0.0755 e. The number of fused-ring (bicyclic) bond motifs is 1. The van der Waals surface area contributed by atoms with E-state index < -0.39 is 0 Å². The van der Waals surface area contributed by atoms with Gasteiger partial charge in [0.2, 0.25) is 0 Å². The second kappa shape index (κ2) is 4.92. The number of nitrogens with zero attached hydrogens (tertiary/aromatic N) is 4. The number of hydrogen-bond acceptors (Lipinski definition) is 3. The van der Waals surface area contributed by atoms with E-state index in [1.807, 2.05) is 10.9 Å². The fourth-order valence-corrected chi connectivity index (χ4v) is 3.43. The summed E-state index contributed by atoms with van der Waals surface area (Å²) in [6.07, 6.45) is 8.21. The van der Waals surface area contributed by atoms with Gasteiger partial charge in [-0.05, 0) is 32.7 Å². The van der Waals surface area contributed by atoms with Crippen molar-refractivity contribution in [1.82, 2.24) is 14.7 Å². The van der Waals surface area contributed by atoms with Crippen LogP contribution in [0.1, 0.15) is 33.1 Å². The third-order valence-corrected chi connectivity index (χ3v) is 4.54. The van der Waals surface area contributed by atoms with E-state index in [9.17, 15) is 0 Å². The molecule has 0 N–H and O–H groups in total. The summed E-state index contributed by atoms with van der Waals surface area (Å²) in [6.45, 7) is 9.14. The van der Waals surface area contributed by atoms with E-state index in [-0.39, 0.29) is 0 Å². The van der Waals surface area contributed by atoms with E-state index in [2.05, 4.69) is 34.9 Å². The quantitative estimate of drug-likeness (QED) is 0.817. The Hall–Kier alpha value is -1.03. The van der Waals surface area contributed by atoms with Gasteiger partial charge in [-0.1, -0.05) is 6.92 Å². The maximum atomic E-state index is 4.43. The van der Waals surface area contributed by atoms with Gasteiger partial charge in [0.05, 0.1) is 11.9 Å². The molecule has 0 amide bonds. The maximum Gasteiger partial charge on any atom is 0.0755 e. The lowest BCUT2D eigenvalue weighted by Crippen LogP contribution is -2.56. The molecule has 2 fully saturated rings. The zero-order chi connectivity index (χ0) is 12.5. The molecule has 0 saturated carbocycles. The highest BCUT2D eigenvalue weighted by atomic mass is 15.3. The summed E-state index contributed by atoms with van der Waals surface area (Å²) in [6, 6.07) is 1.44. The first kappa shape index (κ1) is 12.0. The molecule has 100 valence electrons. The highest BCUT2D eigenvalue weighted by Crippen LogP contribution is 2.29. The van der Waals surface area contributed by atoms with Crippen LogP contribution in [0.2, 0.25) is 0 Å². The van der Waals surface area contributed by atoms with Crippen LogP contribution in [0.4, 0.5) is 5.69 Å². The van der Waals surface area contributed by atoms with Crippen molar-refractivity contribution < 1.29 is 0 Å². The van der Waals surface area contributed by atoms with Gasteiger partial charge in [-0.3, -0.25) is 9.58 Å². The fraction of sp³-hybridized carbons (Fsp3) is 0.786. The van der Waals surface area contributed by atoms with Gasteiger partial charge < -0.3 is 4.90 Å². The van der Waals surface area contributed by atoms with Gasteiger partial charge in [0.15, 0.2) is 0 Å². The number of aromatic nitrogens is 2. The third-order valence-electron chi connectivity index (χ3n) is 4.54. The van der Waals surface area contributed by atoms with E-state index in [1.165, 1.54) is 44.6 Å². The van der Waals surface area contributed by atoms with Crippen molar-refractivity contribution in [3.05, 3.63) is 12.4 Å². The predicted octanol–water partition coefficient (Wildman–Crippen LogP) is 1.97. The minimum atomic E-state index is 0.661.